The van der Waals surface area contributed by atoms with E-state index in [1.54, 1.807) is 0 Å². The maximum Gasteiger partial charge on any atom is 0.0595 e. The molecule has 0 fully saturated rings. The van der Waals surface area contributed by atoms with Crippen molar-refractivity contribution >= 4 is 39.1 Å². The van der Waals surface area contributed by atoms with Gasteiger partial charge in [-0.1, -0.05) is 70.9 Å². The van der Waals surface area contributed by atoms with Crippen LogP contribution < -0.4 is 0 Å². The van der Waals surface area contributed by atoms with Crippen molar-refractivity contribution in [3.8, 4) is 0 Å². The topological polar surface area (TPSA) is 0 Å². The molecule has 0 saturated carbocycles. The van der Waals surface area contributed by atoms with Gasteiger partial charge in [0.2, 0.25) is 0 Å². The monoisotopic (exact) mass is 336 g/mol. The first kappa shape index (κ1) is 15.3. The van der Waals surface area contributed by atoms with Gasteiger partial charge in [0.15, 0.2) is 0 Å². The van der Waals surface area contributed by atoms with Crippen LogP contribution in [-0.2, 0) is 6.42 Å². The SMILES string of the molecule is Clc1ccc(CCCCCCCCBr)cc1Cl. The van der Waals surface area contributed by atoms with Gasteiger partial charge in [0, 0.05) is 5.33 Å². The lowest BCUT2D eigenvalue weighted by atomic mass is 10.1. The molecule has 0 nitrogen and oxygen atoms in total. The normalized spacial score (nSPS) is 10.8. The Hall–Kier alpha value is 0.280. The van der Waals surface area contributed by atoms with Crippen molar-refractivity contribution < 1.29 is 0 Å². The summed E-state index contributed by atoms with van der Waals surface area (Å²) in [6.07, 6.45) is 9.00. The Morgan fingerprint density at radius 1 is 0.824 bits per heavy atom. The number of benzene rings is 1. The van der Waals surface area contributed by atoms with Gasteiger partial charge in [-0.25, -0.2) is 0 Å². The fourth-order valence-electron chi connectivity index (χ4n) is 1.83. The number of hydrogen-bond donors (Lipinski definition) is 0. The third-order valence-electron chi connectivity index (χ3n) is 2.83. The highest BCUT2D eigenvalue weighted by Gasteiger charge is 1.99. The summed E-state index contributed by atoms with van der Waals surface area (Å²) in [5, 5.41) is 2.45. The molecule has 96 valence electrons. The fourth-order valence-corrected chi connectivity index (χ4v) is 2.54. The molecule has 0 aromatic heterocycles. The molecule has 17 heavy (non-hydrogen) atoms. The Balaban J connectivity index is 2.11. The number of unbranched alkanes of at least 4 members (excludes halogenated alkanes) is 5. The van der Waals surface area contributed by atoms with Gasteiger partial charge in [0.25, 0.3) is 0 Å². The van der Waals surface area contributed by atoms with E-state index in [1.807, 2.05) is 12.1 Å². The van der Waals surface area contributed by atoms with Crippen molar-refractivity contribution in [1.29, 1.82) is 0 Å². The van der Waals surface area contributed by atoms with Gasteiger partial charge in [-0.15, -0.1) is 0 Å². The average molecular weight is 338 g/mol. The third-order valence-corrected chi connectivity index (χ3v) is 4.13. The van der Waals surface area contributed by atoms with E-state index in [2.05, 4.69) is 22.0 Å². The van der Waals surface area contributed by atoms with Crippen molar-refractivity contribution in [2.45, 2.75) is 44.9 Å². The lowest BCUT2D eigenvalue weighted by Gasteiger charge is -2.03. The predicted molar refractivity (Wildman–Crippen MR) is 81.7 cm³/mol. The van der Waals surface area contributed by atoms with Crippen molar-refractivity contribution in [2.24, 2.45) is 0 Å². The van der Waals surface area contributed by atoms with Gasteiger partial charge in [-0.2, -0.15) is 0 Å². The first-order valence-corrected chi connectivity index (χ1v) is 8.11. The molecule has 0 amide bonds. The predicted octanol–water partition coefficient (Wildman–Crippen LogP) is 6.27. The molecule has 1 aromatic rings. The number of alkyl halides is 1. The lowest BCUT2D eigenvalue weighted by molar-refractivity contribution is 0.610. The van der Waals surface area contributed by atoms with Crippen LogP contribution in [-0.4, -0.2) is 5.33 Å². The quantitative estimate of drug-likeness (QED) is 0.387. The van der Waals surface area contributed by atoms with E-state index >= 15 is 0 Å². The number of aryl methyl sites for hydroxylation is 1. The highest BCUT2D eigenvalue weighted by molar-refractivity contribution is 9.09. The van der Waals surface area contributed by atoms with Crippen LogP contribution in [0.15, 0.2) is 18.2 Å². The average Bonchev–Trinajstić information content (AvgIpc) is 2.32. The summed E-state index contributed by atoms with van der Waals surface area (Å²) in [5.74, 6) is 0. The summed E-state index contributed by atoms with van der Waals surface area (Å²) in [7, 11) is 0. The molecular weight excluding hydrogens is 319 g/mol. The summed E-state index contributed by atoms with van der Waals surface area (Å²) in [6.45, 7) is 0. The molecule has 1 rings (SSSR count). The summed E-state index contributed by atoms with van der Waals surface area (Å²) in [6, 6.07) is 5.93. The van der Waals surface area contributed by atoms with Gasteiger partial charge < -0.3 is 0 Å². The second-order valence-electron chi connectivity index (χ2n) is 4.31. The maximum atomic E-state index is 5.97. The molecule has 3 heteroatoms. The minimum atomic E-state index is 0.644. The summed E-state index contributed by atoms with van der Waals surface area (Å²) in [5.41, 5.74) is 1.29. The maximum absolute atomic E-state index is 5.97. The largest absolute Gasteiger partial charge is 0.0928 e. The molecule has 0 radical (unpaired) electrons. The molecule has 0 atom stereocenters. The smallest absolute Gasteiger partial charge is 0.0595 e. The van der Waals surface area contributed by atoms with Gasteiger partial charge in [0.05, 0.1) is 10.0 Å². The standard InChI is InChI=1S/C14H19BrCl2/c15-10-6-4-2-1-3-5-7-12-8-9-13(16)14(17)11-12/h8-9,11H,1-7,10H2. The van der Waals surface area contributed by atoms with Crippen molar-refractivity contribution in [1.82, 2.24) is 0 Å². The molecule has 0 heterocycles. The van der Waals surface area contributed by atoms with Crippen LogP contribution in [0.4, 0.5) is 0 Å². The Labute approximate surface area is 123 Å². The molecular formula is C14H19BrCl2. The van der Waals surface area contributed by atoms with Crippen LogP contribution in [0.25, 0.3) is 0 Å². The zero-order valence-electron chi connectivity index (χ0n) is 10.0. The highest BCUT2D eigenvalue weighted by Crippen LogP contribution is 2.23. The number of halogens is 3. The molecule has 0 bridgehead atoms. The Morgan fingerprint density at radius 2 is 1.47 bits per heavy atom. The molecule has 0 unspecified atom stereocenters. The minimum Gasteiger partial charge on any atom is -0.0928 e. The summed E-state index contributed by atoms with van der Waals surface area (Å²) < 4.78 is 0. The molecule has 0 aliphatic heterocycles. The fraction of sp³-hybridized carbons (Fsp3) is 0.571. The van der Waals surface area contributed by atoms with Crippen LogP contribution in [0.2, 0.25) is 10.0 Å². The summed E-state index contributed by atoms with van der Waals surface area (Å²) >= 11 is 15.3. The molecule has 0 aliphatic carbocycles. The first-order chi connectivity index (χ1) is 8.24. The number of hydrogen-bond acceptors (Lipinski definition) is 0. The van der Waals surface area contributed by atoms with Gasteiger partial charge in [-0.05, 0) is 37.0 Å². The molecule has 0 saturated heterocycles. The third kappa shape index (κ3) is 6.69. The van der Waals surface area contributed by atoms with Crippen LogP contribution in [0, 0.1) is 0 Å². The Kier molecular flexibility index (Phi) is 8.34. The molecule has 0 aliphatic rings. The second-order valence-corrected chi connectivity index (χ2v) is 5.92. The molecule has 0 N–H and O–H groups in total. The van der Waals surface area contributed by atoms with Crippen molar-refractivity contribution in [2.75, 3.05) is 5.33 Å². The van der Waals surface area contributed by atoms with Crippen LogP contribution >= 0.6 is 39.1 Å². The zero-order chi connectivity index (χ0) is 12.5. The highest BCUT2D eigenvalue weighted by atomic mass is 79.9. The zero-order valence-corrected chi connectivity index (χ0v) is 13.1. The van der Waals surface area contributed by atoms with E-state index in [-0.39, 0.29) is 0 Å². The second kappa shape index (κ2) is 9.24. The van der Waals surface area contributed by atoms with Gasteiger partial charge in [-0.3, -0.25) is 0 Å². The van der Waals surface area contributed by atoms with Gasteiger partial charge in [0.1, 0.15) is 0 Å². The van der Waals surface area contributed by atoms with E-state index in [9.17, 15) is 0 Å². The summed E-state index contributed by atoms with van der Waals surface area (Å²) in [4.78, 5) is 0. The molecule has 1 aromatic carbocycles. The number of rotatable bonds is 8. The van der Waals surface area contributed by atoms with Crippen LogP contribution in [0.5, 0.6) is 0 Å². The first-order valence-electron chi connectivity index (χ1n) is 6.24. The Morgan fingerprint density at radius 3 is 2.12 bits per heavy atom. The van der Waals surface area contributed by atoms with E-state index in [1.165, 1.54) is 44.1 Å². The lowest BCUT2D eigenvalue weighted by Crippen LogP contribution is -1.87. The van der Waals surface area contributed by atoms with Crippen molar-refractivity contribution in [3.05, 3.63) is 33.8 Å². The van der Waals surface area contributed by atoms with E-state index in [4.69, 9.17) is 23.2 Å². The minimum absolute atomic E-state index is 0.644. The van der Waals surface area contributed by atoms with E-state index < -0.39 is 0 Å². The van der Waals surface area contributed by atoms with Crippen LogP contribution in [0.1, 0.15) is 44.1 Å². The van der Waals surface area contributed by atoms with E-state index in [0.717, 1.165) is 11.8 Å². The Bertz CT molecular complexity index is 326. The van der Waals surface area contributed by atoms with Gasteiger partial charge >= 0.3 is 0 Å². The van der Waals surface area contributed by atoms with Crippen molar-refractivity contribution in [3.63, 3.8) is 0 Å². The molecule has 0 spiro atoms. The van der Waals surface area contributed by atoms with E-state index in [0.29, 0.717) is 10.0 Å². The van der Waals surface area contributed by atoms with Crippen LogP contribution in [0.3, 0.4) is 0 Å².